The van der Waals surface area contributed by atoms with Gasteiger partial charge in [-0.1, -0.05) is 0 Å². The highest BCUT2D eigenvalue weighted by Gasteiger charge is 2.01. The van der Waals surface area contributed by atoms with Crippen molar-refractivity contribution in [2.75, 3.05) is 0 Å². The van der Waals surface area contributed by atoms with Gasteiger partial charge in [-0.2, -0.15) is 4.39 Å². The highest BCUT2D eigenvalue weighted by Crippen LogP contribution is 2.18. The average molecular weight is 189 g/mol. The van der Waals surface area contributed by atoms with Gasteiger partial charge >= 0.3 is 0 Å². The SMILES string of the molecule is Cc1cc(-c2cncnc2)cc(F)n1. The normalized spacial score (nSPS) is 10.1. The molecule has 0 saturated heterocycles. The van der Waals surface area contributed by atoms with E-state index >= 15 is 0 Å². The van der Waals surface area contributed by atoms with Crippen LogP contribution >= 0.6 is 0 Å². The summed E-state index contributed by atoms with van der Waals surface area (Å²) in [4.78, 5) is 11.4. The summed E-state index contributed by atoms with van der Waals surface area (Å²) in [5.74, 6) is -0.483. The second-order valence-electron chi connectivity index (χ2n) is 2.95. The summed E-state index contributed by atoms with van der Waals surface area (Å²) in [5.41, 5.74) is 2.18. The number of aromatic nitrogens is 3. The molecule has 0 saturated carbocycles. The summed E-state index contributed by atoms with van der Waals surface area (Å²) in [6.07, 6.45) is 4.72. The molecule has 2 heterocycles. The minimum atomic E-state index is -0.483. The first-order valence-electron chi connectivity index (χ1n) is 4.15. The lowest BCUT2D eigenvalue weighted by Crippen LogP contribution is -1.89. The van der Waals surface area contributed by atoms with Crippen molar-refractivity contribution in [2.45, 2.75) is 6.92 Å². The highest BCUT2D eigenvalue weighted by molar-refractivity contribution is 5.61. The molecule has 4 heteroatoms. The fraction of sp³-hybridized carbons (Fsp3) is 0.100. The number of hydrogen-bond donors (Lipinski definition) is 0. The third-order valence-corrected chi connectivity index (χ3v) is 1.82. The molecule has 0 spiro atoms. The van der Waals surface area contributed by atoms with Crippen LogP contribution in [0.25, 0.3) is 11.1 Å². The van der Waals surface area contributed by atoms with Crippen LogP contribution in [0.5, 0.6) is 0 Å². The summed E-state index contributed by atoms with van der Waals surface area (Å²) in [6.45, 7) is 1.75. The van der Waals surface area contributed by atoms with Crippen molar-refractivity contribution in [3.63, 3.8) is 0 Å². The molecule has 0 amide bonds. The Balaban J connectivity index is 2.52. The lowest BCUT2D eigenvalue weighted by molar-refractivity contribution is 0.580. The van der Waals surface area contributed by atoms with Crippen molar-refractivity contribution in [3.8, 4) is 11.1 Å². The molecular weight excluding hydrogens is 181 g/mol. The van der Waals surface area contributed by atoms with Crippen molar-refractivity contribution in [1.82, 2.24) is 15.0 Å². The summed E-state index contributed by atoms with van der Waals surface area (Å²) >= 11 is 0. The number of halogens is 1. The number of hydrogen-bond acceptors (Lipinski definition) is 3. The zero-order chi connectivity index (χ0) is 9.97. The molecule has 3 nitrogen and oxygen atoms in total. The average Bonchev–Trinajstić information content (AvgIpc) is 2.18. The lowest BCUT2D eigenvalue weighted by atomic mass is 10.1. The minimum absolute atomic E-state index is 0.483. The van der Waals surface area contributed by atoms with Crippen LogP contribution in [0, 0.1) is 12.9 Å². The van der Waals surface area contributed by atoms with Crippen molar-refractivity contribution >= 4 is 0 Å². The van der Waals surface area contributed by atoms with Crippen molar-refractivity contribution < 1.29 is 4.39 Å². The summed E-state index contributed by atoms with van der Waals surface area (Å²) in [6, 6.07) is 3.16. The fourth-order valence-electron chi connectivity index (χ4n) is 1.24. The highest BCUT2D eigenvalue weighted by atomic mass is 19.1. The Bertz CT molecular complexity index is 422. The molecule has 0 radical (unpaired) electrons. The molecule has 0 atom stereocenters. The monoisotopic (exact) mass is 189 g/mol. The van der Waals surface area contributed by atoms with E-state index in [0.29, 0.717) is 5.69 Å². The molecule has 0 aliphatic rings. The van der Waals surface area contributed by atoms with Crippen molar-refractivity contribution in [1.29, 1.82) is 0 Å². The van der Waals surface area contributed by atoms with Gasteiger partial charge in [0, 0.05) is 29.7 Å². The van der Waals surface area contributed by atoms with Crippen LogP contribution in [0.1, 0.15) is 5.69 Å². The number of pyridine rings is 1. The molecule has 0 aromatic carbocycles. The Morgan fingerprint density at radius 1 is 1.07 bits per heavy atom. The molecule has 0 fully saturated rings. The molecule has 0 N–H and O–H groups in total. The van der Waals surface area contributed by atoms with E-state index in [4.69, 9.17) is 0 Å². The van der Waals surface area contributed by atoms with Crippen molar-refractivity contribution in [2.24, 2.45) is 0 Å². The first-order valence-corrected chi connectivity index (χ1v) is 4.15. The molecule has 2 rings (SSSR count). The molecule has 0 aliphatic carbocycles. The van der Waals surface area contributed by atoms with Crippen LogP contribution in [0.15, 0.2) is 30.9 Å². The van der Waals surface area contributed by atoms with Crippen LogP contribution in [-0.2, 0) is 0 Å². The van der Waals surface area contributed by atoms with Crippen LogP contribution < -0.4 is 0 Å². The Morgan fingerprint density at radius 3 is 2.43 bits per heavy atom. The maximum absolute atomic E-state index is 13.0. The van der Waals surface area contributed by atoms with E-state index < -0.39 is 5.95 Å². The van der Waals surface area contributed by atoms with E-state index in [1.165, 1.54) is 12.4 Å². The molecule has 0 aliphatic heterocycles. The van der Waals surface area contributed by atoms with Gasteiger partial charge in [0.25, 0.3) is 0 Å². The van der Waals surface area contributed by atoms with Gasteiger partial charge < -0.3 is 0 Å². The Kier molecular flexibility index (Phi) is 2.18. The van der Waals surface area contributed by atoms with E-state index in [0.717, 1.165) is 11.1 Å². The second kappa shape index (κ2) is 3.49. The second-order valence-corrected chi connectivity index (χ2v) is 2.95. The zero-order valence-electron chi connectivity index (χ0n) is 7.61. The van der Waals surface area contributed by atoms with E-state index in [1.807, 2.05) is 0 Å². The topological polar surface area (TPSA) is 38.7 Å². The summed E-state index contributed by atoms with van der Waals surface area (Å²) in [5, 5.41) is 0. The molecule has 2 aromatic rings. The predicted molar refractivity (Wildman–Crippen MR) is 50.0 cm³/mol. The fourth-order valence-corrected chi connectivity index (χ4v) is 1.24. The predicted octanol–water partition coefficient (Wildman–Crippen LogP) is 1.99. The van der Waals surface area contributed by atoms with E-state index in [9.17, 15) is 4.39 Å². The molecule has 0 unspecified atom stereocenters. The Labute approximate surface area is 80.7 Å². The summed E-state index contributed by atoms with van der Waals surface area (Å²) < 4.78 is 13.0. The number of nitrogens with zero attached hydrogens (tertiary/aromatic N) is 3. The summed E-state index contributed by atoms with van der Waals surface area (Å²) in [7, 11) is 0. The standard InChI is InChI=1S/C10H8FN3/c1-7-2-8(3-10(11)14-7)9-4-12-6-13-5-9/h2-6H,1H3. The Morgan fingerprint density at radius 2 is 1.79 bits per heavy atom. The van der Waals surface area contributed by atoms with E-state index in [1.54, 1.807) is 25.4 Å². The zero-order valence-corrected chi connectivity index (χ0v) is 7.61. The van der Waals surface area contributed by atoms with E-state index in [-0.39, 0.29) is 0 Å². The Hall–Kier alpha value is -1.84. The molecule has 2 aromatic heterocycles. The lowest BCUT2D eigenvalue weighted by Gasteiger charge is -2.01. The van der Waals surface area contributed by atoms with Gasteiger partial charge in [-0.05, 0) is 18.6 Å². The first kappa shape index (κ1) is 8.74. The van der Waals surface area contributed by atoms with Gasteiger partial charge in [-0.15, -0.1) is 0 Å². The number of aryl methyl sites for hydroxylation is 1. The minimum Gasteiger partial charge on any atom is -0.244 e. The van der Waals surface area contributed by atoms with E-state index in [2.05, 4.69) is 15.0 Å². The maximum Gasteiger partial charge on any atom is 0.213 e. The molecule has 0 bridgehead atoms. The van der Waals surface area contributed by atoms with Gasteiger partial charge in [0.1, 0.15) is 6.33 Å². The van der Waals surface area contributed by atoms with Gasteiger partial charge in [0.2, 0.25) is 5.95 Å². The first-order chi connectivity index (χ1) is 6.75. The van der Waals surface area contributed by atoms with Gasteiger partial charge in [0.05, 0.1) is 0 Å². The van der Waals surface area contributed by atoms with Gasteiger partial charge in [-0.25, -0.2) is 15.0 Å². The molecular formula is C10H8FN3. The quantitative estimate of drug-likeness (QED) is 0.644. The molecule has 14 heavy (non-hydrogen) atoms. The van der Waals surface area contributed by atoms with Crippen LogP contribution in [-0.4, -0.2) is 15.0 Å². The van der Waals surface area contributed by atoms with Crippen molar-refractivity contribution in [3.05, 3.63) is 42.5 Å². The van der Waals surface area contributed by atoms with Crippen LogP contribution in [0.2, 0.25) is 0 Å². The maximum atomic E-state index is 13.0. The van der Waals surface area contributed by atoms with Gasteiger partial charge in [-0.3, -0.25) is 0 Å². The van der Waals surface area contributed by atoms with Crippen LogP contribution in [0.3, 0.4) is 0 Å². The smallest absolute Gasteiger partial charge is 0.213 e. The number of rotatable bonds is 1. The largest absolute Gasteiger partial charge is 0.244 e. The third kappa shape index (κ3) is 1.74. The molecule has 70 valence electrons. The van der Waals surface area contributed by atoms with Gasteiger partial charge in [0.15, 0.2) is 0 Å². The third-order valence-electron chi connectivity index (χ3n) is 1.82. The van der Waals surface area contributed by atoms with Crippen LogP contribution in [0.4, 0.5) is 4.39 Å².